The van der Waals surface area contributed by atoms with E-state index in [1.165, 1.54) is 22.3 Å². The molecule has 12 rings (SSSR count). The molecule has 0 unspecified atom stereocenters. The molecule has 3 heteroatoms. The number of para-hydroxylation sites is 4. The van der Waals surface area contributed by atoms with Crippen molar-refractivity contribution < 1.29 is 8.83 Å². The summed E-state index contributed by atoms with van der Waals surface area (Å²) >= 11 is 0. The predicted octanol–water partition coefficient (Wildman–Crippen LogP) is 17.3. The molecule has 0 saturated heterocycles. The Morgan fingerprint density at radius 1 is 0.254 bits per heavy atom. The van der Waals surface area contributed by atoms with E-state index in [9.17, 15) is 0 Å². The average Bonchev–Trinajstić information content (AvgIpc) is 3.93. The first-order valence-corrected chi connectivity index (χ1v) is 21.4. The molecule has 3 nitrogen and oxygen atoms in total. The Hall–Kier alpha value is -8.40. The van der Waals surface area contributed by atoms with Crippen molar-refractivity contribution in [2.75, 3.05) is 4.90 Å². The van der Waals surface area contributed by atoms with Crippen LogP contribution in [-0.2, 0) is 0 Å². The van der Waals surface area contributed by atoms with Crippen molar-refractivity contribution in [1.29, 1.82) is 0 Å². The standard InChI is InChI=1S/C60H39NO2/c1-3-17-40(18-4-1)42-33-35-49(48-24-8-7-23-46(48)41-19-5-2-6-20-41)55(38-42)50-25-9-12-30-56(50)61(45-34-36-53-51-26-10-13-31-57(51)62-59(53)39-45)44-22-15-21-43(37-44)47-28-16-29-54-52-27-11-14-32-58(52)63-60(47)54/h1-39H. The fourth-order valence-electron chi connectivity index (χ4n) is 9.36. The van der Waals surface area contributed by atoms with Crippen molar-refractivity contribution in [2.24, 2.45) is 0 Å². The van der Waals surface area contributed by atoms with Crippen molar-refractivity contribution in [2.45, 2.75) is 0 Å². The van der Waals surface area contributed by atoms with Gasteiger partial charge >= 0.3 is 0 Å². The van der Waals surface area contributed by atoms with E-state index in [1.54, 1.807) is 0 Å². The van der Waals surface area contributed by atoms with Crippen molar-refractivity contribution in [3.8, 4) is 55.6 Å². The minimum Gasteiger partial charge on any atom is -0.456 e. The van der Waals surface area contributed by atoms with Gasteiger partial charge in [0.1, 0.15) is 22.3 Å². The van der Waals surface area contributed by atoms with Gasteiger partial charge in [-0.3, -0.25) is 0 Å². The van der Waals surface area contributed by atoms with Crippen LogP contribution in [0.2, 0.25) is 0 Å². The highest BCUT2D eigenvalue weighted by molar-refractivity contribution is 6.10. The van der Waals surface area contributed by atoms with Crippen LogP contribution >= 0.6 is 0 Å². The van der Waals surface area contributed by atoms with Crippen LogP contribution in [0.4, 0.5) is 17.1 Å². The number of fused-ring (bicyclic) bond motifs is 6. The molecule has 0 aliphatic carbocycles. The van der Waals surface area contributed by atoms with Gasteiger partial charge in [0.2, 0.25) is 0 Å². The molecule has 2 heterocycles. The van der Waals surface area contributed by atoms with E-state index in [0.717, 1.165) is 94.3 Å². The topological polar surface area (TPSA) is 29.5 Å². The van der Waals surface area contributed by atoms with Crippen LogP contribution in [0.15, 0.2) is 245 Å². The van der Waals surface area contributed by atoms with Gasteiger partial charge in [0.15, 0.2) is 0 Å². The maximum absolute atomic E-state index is 6.58. The summed E-state index contributed by atoms with van der Waals surface area (Å²) in [6, 6.07) is 84.2. The first kappa shape index (κ1) is 36.5. The Kier molecular flexibility index (Phi) is 8.83. The van der Waals surface area contributed by atoms with Crippen molar-refractivity contribution in [1.82, 2.24) is 0 Å². The second kappa shape index (κ2) is 15.3. The molecule has 12 aromatic rings. The van der Waals surface area contributed by atoms with Crippen molar-refractivity contribution >= 4 is 60.9 Å². The summed E-state index contributed by atoms with van der Waals surface area (Å²) in [6.45, 7) is 0. The monoisotopic (exact) mass is 805 g/mol. The van der Waals surface area contributed by atoms with E-state index >= 15 is 0 Å². The highest BCUT2D eigenvalue weighted by atomic mass is 16.3. The summed E-state index contributed by atoms with van der Waals surface area (Å²) in [5.41, 5.74) is 17.8. The Morgan fingerprint density at radius 3 is 1.62 bits per heavy atom. The van der Waals surface area contributed by atoms with Gasteiger partial charge in [-0.25, -0.2) is 0 Å². The number of nitrogens with zero attached hydrogens (tertiary/aromatic N) is 1. The van der Waals surface area contributed by atoms with Crippen LogP contribution in [0.25, 0.3) is 99.5 Å². The molecule has 296 valence electrons. The minimum absolute atomic E-state index is 0.836. The molecule has 63 heavy (non-hydrogen) atoms. The summed E-state index contributed by atoms with van der Waals surface area (Å²) in [5, 5.41) is 4.41. The van der Waals surface area contributed by atoms with E-state index in [4.69, 9.17) is 8.83 Å². The number of anilines is 3. The quantitative estimate of drug-likeness (QED) is 0.153. The maximum Gasteiger partial charge on any atom is 0.143 e. The van der Waals surface area contributed by atoms with Crippen LogP contribution in [0.3, 0.4) is 0 Å². The number of hydrogen-bond acceptors (Lipinski definition) is 3. The lowest BCUT2D eigenvalue weighted by atomic mass is 9.86. The van der Waals surface area contributed by atoms with E-state index < -0.39 is 0 Å². The Labute approximate surface area is 365 Å². The van der Waals surface area contributed by atoms with E-state index in [2.05, 4.69) is 217 Å². The summed E-state index contributed by atoms with van der Waals surface area (Å²) in [6.07, 6.45) is 0. The number of rotatable bonds is 8. The first-order valence-electron chi connectivity index (χ1n) is 21.4. The molecular weight excluding hydrogens is 767 g/mol. The van der Waals surface area contributed by atoms with Gasteiger partial charge in [0.05, 0.1) is 5.69 Å². The smallest absolute Gasteiger partial charge is 0.143 e. The Bertz CT molecular complexity index is 3640. The molecule has 0 atom stereocenters. The number of benzene rings is 10. The number of hydrogen-bond donors (Lipinski definition) is 0. The van der Waals surface area contributed by atoms with Gasteiger partial charge in [0.25, 0.3) is 0 Å². The zero-order valence-electron chi connectivity index (χ0n) is 34.3. The first-order chi connectivity index (χ1) is 31.2. The minimum atomic E-state index is 0.836. The summed E-state index contributed by atoms with van der Waals surface area (Å²) in [4.78, 5) is 2.38. The molecule has 0 N–H and O–H groups in total. The summed E-state index contributed by atoms with van der Waals surface area (Å²) < 4.78 is 13.1. The van der Waals surface area contributed by atoms with Crippen LogP contribution in [0.5, 0.6) is 0 Å². The predicted molar refractivity (Wildman–Crippen MR) is 263 cm³/mol. The third kappa shape index (κ3) is 6.38. The molecule has 0 aliphatic heterocycles. The van der Waals surface area contributed by atoms with Gasteiger partial charge in [-0.1, -0.05) is 182 Å². The van der Waals surface area contributed by atoms with Crippen LogP contribution in [0.1, 0.15) is 0 Å². The third-order valence-corrected chi connectivity index (χ3v) is 12.3. The lowest BCUT2D eigenvalue weighted by Gasteiger charge is -2.29. The third-order valence-electron chi connectivity index (χ3n) is 12.3. The van der Waals surface area contributed by atoms with Crippen LogP contribution in [0, 0.1) is 0 Å². The molecule has 2 aromatic heterocycles. The van der Waals surface area contributed by atoms with E-state index in [-0.39, 0.29) is 0 Å². The van der Waals surface area contributed by atoms with Crippen LogP contribution < -0.4 is 4.90 Å². The van der Waals surface area contributed by atoms with Gasteiger partial charge in [0, 0.05) is 50.1 Å². The maximum atomic E-state index is 6.58. The van der Waals surface area contributed by atoms with Gasteiger partial charge in [-0.05, 0) is 93.0 Å². The summed E-state index contributed by atoms with van der Waals surface area (Å²) in [7, 11) is 0. The Morgan fingerprint density at radius 2 is 0.810 bits per heavy atom. The lowest BCUT2D eigenvalue weighted by Crippen LogP contribution is -2.11. The highest BCUT2D eigenvalue weighted by Crippen LogP contribution is 2.48. The molecule has 10 aromatic carbocycles. The fraction of sp³-hybridized carbons (Fsp3) is 0. The molecule has 0 amide bonds. The van der Waals surface area contributed by atoms with Crippen LogP contribution in [-0.4, -0.2) is 0 Å². The Balaban J connectivity index is 1.11. The zero-order chi connectivity index (χ0) is 41.7. The highest BCUT2D eigenvalue weighted by Gasteiger charge is 2.23. The van der Waals surface area contributed by atoms with Gasteiger partial charge in [-0.2, -0.15) is 0 Å². The lowest BCUT2D eigenvalue weighted by molar-refractivity contribution is 0.669. The number of furan rings is 2. The van der Waals surface area contributed by atoms with Gasteiger partial charge < -0.3 is 13.7 Å². The fourth-order valence-corrected chi connectivity index (χ4v) is 9.36. The molecule has 0 saturated carbocycles. The SMILES string of the molecule is c1ccc(-c2ccc(-c3ccccc3-c3ccccc3)c(-c3ccccc3N(c3cccc(-c4cccc5c4oc4ccccc45)c3)c3ccc4c(c3)oc3ccccc34)c2)cc1. The normalized spacial score (nSPS) is 11.5. The molecule has 0 bridgehead atoms. The largest absolute Gasteiger partial charge is 0.456 e. The second-order valence-electron chi connectivity index (χ2n) is 16.0. The molecule has 0 fully saturated rings. The molecule has 0 aliphatic rings. The molecule has 0 spiro atoms. The van der Waals surface area contributed by atoms with Gasteiger partial charge in [-0.15, -0.1) is 0 Å². The van der Waals surface area contributed by atoms with E-state index in [1.807, 2.05) is 24.3 Å². The zero-order valence-corrected chi connectivity index (χ0v) is 34.3. The molecule has 0 radical (unpaired) electrons. The van der Waals surface area contributed by atoms with Crippen molar-refractivity contribution in [3.05, 3.63) is 237 Å². The second-order valence-corrected chi connectivity index (χ2v) is 16.0. The summed E-state index contributed by atoms with van der Waals surface area (Å²) in [5.74, 6) is 0. The average molecular weight is 806 g/mol. The van der Waals surface area contributed by atoms with E-state index in [0.29, 0.717) is 0 Å². The van der Waals surface area contributed by atoms with Crippen molar-refractivity contribution in [3.63, 3.8) is 0 Å². The molecular formula is C60H39NO2.